The molecule has 1 saturated carbocycles. The van der Waals surface area contributed by atoms with Gasteiger partial charge in [-0.2, -0.15) is 4.31 Å². The van der Waals surface area contributed by atoms with Crippen molar-refractivity contribution in [3.05, 3.63) is 64.1 Å². The Morgan fingerprint density at radius 2 is 1.76 bits per heavy atom. The SMILES string of the molecule is Cc1ccc(S(=O)(=O)N(C)CC(=O)N(Cc2cccc(Br)c2)[C@H](C)C(=O)NC2CCCC2)cc1. The summed E-state index contributed by atoms with van der Waals surface area (Å²) < 4.78 is 27.9. The monoisotopic (exact) mass is 549 g/mol. The highest BCUT2D eigenvalue weighted by molar-refractivity contribution is 9.10. The van der Waals surface area contributed by atoms with Crippen molar-refractivity contribution in [1.82, 2.24) is 14.5 Å². The first kappa shape index (κ1) is 26.4. The average Bonchev–Trinajstić information content (AvgIpc) is 3.30. The molecule has 2 aromatic carbocycles. The molecule has 1 aliphatic carbocycles. The molecule has 0 saturated heterocycles. The molecule has 1 N–H and O–H groups in total. The summed E-state index contributed by atoms with van der Waals surface area (Å²) >= 11 is 3.44. The Morgan fingerprint density at radius 3 is 2.38 bits per heavy atom. The zero-order chi connectivity index (χ0) is 24.9. The summed E-state index contributed by atoms with van der Waals surface area (Å²) in [5.41, 5.74) is 1.78. The lowest BCUT2D eigenvalue weighted by molar-refractivity contribution is -0.140. The molecule has 0 spiro atoms. The molecule has 0 bridgehead atoms. The number of likely N-dealkylation sites (N-methyl/N-ethyl adjacent to an activating group) is 1. The van der Waals surface area contributed by atoms with Gasteiger partial charge in [0.15, 0.2) is 0 Å². The second-order valence-corrected chi connectivity index (χ2v) is 11.9. The first-order valence-corrected chi connectivity index (χ1v) is 13.7. The van der Waals surface area contributed by atoms with Crippen LogP contribution in [0.3, 0.4) is 0 Å². The highest BCUT2D eigenvalue weighted by atomic mass is 79.9. The Kier molecular flexibility index (Phi) is 8.89. The summed E-state index contributed by atoms with van der Waals surface area (Å²) in [4.78, 5) is 28.0. The van der Waals surface area contributed by atoms with E-state index in [4.69, 9.17) is 0 Å². The smallest absolute Gasteiger partial charge is 0.243 e. The maximum Gasteiger partial charge on any atom is 0.243 e. The van der Waals surface area contributed by atoms with Crippen molar-refractivity contribution >= 4 is 37.8 Å². The van der Waals surface area contributed by atoms with E-state index in [0.29, 0.717) is 0 Å². The van der Waals surface area contributed by atoms with Gasteiger partial charge in [-0.3, -0.25) is 9.59 Å². The minimum atomic E-state index is -3.85. The molecule has 0 heterocycles. The van der Waals surface area contributed by atoms with E-state index >= 15 is 0 Å². The average molecular weight is 551 g/mol. The normalized spacial score (nSPS) is 15.3. The summed E-state index contributed by atoms with van der Waals surface area (Å²) in [5, 5.41) is 3.05. The lowest BCUT2D eigenvalue weighted by Crippen LogP contribution is -2.52. The molecule has 3 rings (SSSR count). The highest BCUT2D eigenvalue weighted by Gasteiger charge is 2.31. The summed E-state index contributed by atoms with van der Waals surface area (Å²) in [6, 6.07) is 13.4. The van der Waals surface area contributed by atoms with Crippen LogP contribution in [0.5, 0.6) is 0 Å². The topological polar surface area (TPSA) is 86.8 Å². The lowest BCUT2D eigenvalue weighted by Gasteiger charge is -2.31. The number of halogens is 1. The predicted octanol–water partition coefficient (Wildman–Crippen LogP) is 3.85. The van der Waals surface area contributed by atoms with Crippen molar-refractivity contribution in [2.24, 2.45) is 0 Å². The van der Waals surface area contributed by atoms with Crippen LogP contribution >= 0.6 is 15.9 Å². The first-order valence-electron chi connectivity index (χ1n) is 11.4. The van der Waals surface area contributed by atoms with Crippen molar-refractivity contribution in [1.29, 1.82) is 0 Å². The van der Waals surface area contributed by atoms with E-state index < -0.39 is 22.0 Å². The van der Waals surface area contributed by atoms with E-state index in [1.807, 2.05) is 31.2 Å². The fraction of sp³-hybridized carbons (Fsp3) is 0.440. The number of benzene rings is 2. The minimum absolute atomic E-state index is 0.124. The van der Waals surface area contributed by atoms with Gasteiger partial charge in [0, 0.05) is 24.1 Å². The summed E-state index contributed by atoms with van der Waals surface area (Å²) in [7, 11) is -2.47. The fourth-order valence-electron chi connectivity index (χ4n) is 4.06. The van der Waals surface area contributed by atoms with Gasteiger partial charge in [-0.05, 0) is 56.5 Å². The Labute approximate surface area is 210 Å². The lowest BCUT2D eigenvalue weighted by atomic mass is 10.1. The Bertz CT molecular complexity index is 1120. The molecule has 1 atom stereocenters. The zero-order valence-electron chi connectivity index (χ0n) is 19.8. The van der Waals surface area contributed by atoms with Crippen LogP contribution in [0.1, 0.15) is 43.7 Å². The van der Waals surface area contributed by atoms with Crippen LogP contribution in [0.25, 0.3) is 0 Å². The number of rotatable bonds is 9. The largest absolute Gasteiger partial charge is 0.352 e. The third-order valence-corrected chi connectivity index (χ3v) is 8.51. The molecular weight excluding hydrogens is 518 g/mol. The van der Waals surface area contributed by atoms with Crippen LogP contribution < -0.4 is 5.32 Å². The van der Waals surface area contributed by atoms with Gasteiger partial charge >= 0.3 is 0 Å². The second kappa shape index (κ2) is 11.5. The van der Waals surface area contributed by atoms with E-state index in [9.17, 15) is 18.0 Å². The van der Waals surface area contributed by atoms with Crippen LogP contribution in [-0.2, 0) is 26.2 Å². The van der Waals surface area contributed by atoms with Gasteiger partial charge in [-0.15, -0.1) is 0 Å². The molecular formula is C25H32BrN3O4S. The zero-order valence-corrected chi connectivity index (χ0v) is 22.2. The third-order valence-electron chi connectivity index (χ3n) is 6.20. The van der Waals surface area contributed by atoms with Crippen LogP contribution in [0.2, 0.25) is 0 Å². The van der Waals surface area contributed by atoms with E-state index in [1.165, 1.54) is 24.1 Å². The molecule has 9 heteroatoms. The summed E-state index contributed by atoms with van der Waals surface area (Å²) in [5.74, 6) is -0.661. The molecule has 0 radical (unpaired) electrons. The molecule has 34 heavy (non-hydrogen) atoms. The molecule has 7 nitrogen and oxygen atoms in total. The maximum atomic E-state index is 13.4. The van der Waals surface area contributed by atoms with Crippen molar-refractivity contribution in [3.8, 4) is 0 Å². The molecule has 2 amide bonds. The third kappa shape index (κ3) is 6.67. The Balaban J connectivity index is 1.79. The van der Waals surface area contributed by atoms with Crippen LogP contribution in [0.4, 0.5) is 0 Å². The summed E-state index contributed by atoms with van der Waals surface area (Å²) in [6.07, 6.45) is 4.05. The van der Waals surface area contributed by atoms with E-state index in [1.54, 1.807) is 19.1 Å². The van der Waals surface area contributed by atoms with Crippen molar-refractivity contribution < 1.29 is 18.0 Å². The van der Waals surface area contributed by atoms with Crippen molar-refractivity contribution in [2.45, 2.75) is 63.1 Å². The van der Waals surface area contributed by atoms with Gasteiger partial charge in [-0.1, -0.05) is 58.6 Å². The first-order chi connectivity index (χ1) is 16.1. The molecule has 184 valence electrons. The second-order valence-electron chi connectivity index (χ2n) is 8.89. The van der Waals surface area contributed by atoms with E-state index in [-0.39, 0.29) is 29.9 Å². The van der Waals surface area contributed by atoms with Crippen molar-refractivity contribution in [2.75, 3.05) is 13.6 Å². The molecule has 2 aromatic rings. The maximum absolute atomic E-state index is 13.4. The van der Waals surface area contributed by atoms with Gasteiger partial charge in [0.05, 0.1) is 11.4 Å². The van der Waals surface area contributed by atoms with Crippen LogP contribution in [-0.4, -0.2) is 55.1 Å². The van der Waals surface area contributed by atoms with Gasteiger partial charge in [-0.25, -0.2) is 8.42 Å². The number of carbonyl (C=O) groups is 2. The van der Waals surface area contributed by atoms with Gasteiger partial charge in [0.25, 0.3) is 0 Å². The Hall–Kier alpha value is -2.23. The standard InChI is InChI=1S/C25H32BrN3O4S/c1-18-11-13-23(14-12-18)34(32,33)28(3)17-24(30)29(16-20-7-6-8-21(26)15-20)19(2)25(31)27-22-9-4-5-10-22/h6-8,11-15,19,22H,4-5,9-10,16-17H2,1-3H3,(H,27,31)/t19-/m1/s1. The number of nitrogens with zero attached hydrogens (tertiary/aromatic N) is 2. The van der Waals surface area contributed by atoms with Gasteiger partial charge in [0.2, 0.25) is 21.8 Å². The molecule has 0 unspecified atom stereocenters. The van der Waals surface area contributed by atoms with E-state index in [2.05, 4.69) is 21.2 Å². The molecule has 0 aromatic heterocycles. The number of nitrogens with one attached hydrogen (secondary N) is 1. The van der Waals surface area contributed by atoms with Gasteiger partial charge < -0.3 is 10.2 Å². The number of sulfonamides is 1. The molecule has 0 aliphatic heterocycles. The number of aryl methyl sites for hydroxylation is 1. The molecule has 1 aliphatic rings. The van der Waals surface area contributed by atoms with Crippen molar-refractivity contribution in [3.63, 3.8) is 0 Å². The van der Waals surface area contributed by atoms with Crippen LogP contribution in [0, 0.1) is 6.92 Å². The molecule has 1 fully saturated rings. The number of hydrogen-bond acceptors (Lipinski definition) is 4. The number of hydrogen-bond donors (Lipinski definition) is 1. The fourth-order valence-corrected chi connectivity index (χ4v) is 5.63. The quantitative estimate of drug-likeness (QED) is 0.514. The van der Waals surface area contributed by atoms with Crippen LogP contribution in [0.15, 0.2) is 57.9 Å². The number of amides is 2. The highest BCUT2D eigenvalue weighted by Crippen LogP contribution is 2.20. The van der Waals surface area contributed by atoms with E-state index in [0.717, 1.165) is 45.6 Å². The Morgan fingerprint density at radius 1 is 1.12 bits per heavy atom. The number of carbonyl (C=O) groups excluding carboxylic acids is 2. The van der Waals surface area contributed by atoms with Gasteiger partial charge in [0.1, 0.15) is 6.04 Å². The summed E-state index contributed by atoms with van der Waals surface area (Å²) in [6.45, 7) is 3.39. The predicted molar refractivity (Wildman–Crippen MR) is 136 cm³/mol. The minimum Gasteiger partial charge on any atom is -0.352 e.